The van der Waals surface area contributed by atoms with Crippen molar-refractivity contribution in [1.29, 1.82) is 1.43 Å². The van der Waals surface area contributed by atoms with Gasteiger partial charge in [-0.1, -0.05) is 0 Å². The molecule has 6 nitrogen and oxygen atoms in total. The van der Waals surface area contributed by atoms with Crippen molar-refractivity contribution in [3.63, 3.8) is 0 Å². The van der Waals surface area contributed by atoms with Crippen LogP contribution in [0.25, 0.3) is 0 Å². The Hall–Kier alpha value is -2.99. The van der Waals surface area contributed by atoms with Gasteiger partial charge in [-0.05, 0) is 32.6 Å². The van der Waals surface area contributed by atoms with E-state index in [1.54, 1.807) is 6.92 Å². The van der Waals surface area contributed by atoms with Crippen molar-refractivity contribution < 1.29 is 24.2 Å². The predicted molar refractivity (Wildman–Crippen MR) is 100 cm³/mol. The first-order valence-electron chi connectivity index (χ1n) is 9.64. The highest BCUT2D eigenvalue weighted by molar-refractivity contribution is 5.81. The molecule has 2 saturated carbocycles. The van der Waals surface area contributed by atoms with E-state index in [4.69, 9.17) is 28.9 Å². The van der Waals surface area contributed by atoms with Gasteiger partial charge in [0.05, 0.1) is 16.5 Å². The third kappa shape index (κ3) is 3.82. The van der Waals surface area contributed by atoms with Gasteiger partial charge in [-0.2, -0.15) is 0 Å². The maximum absolute atomic E-state index is 12.4. The number of aryl methyl sites for hydroxylation is 1. The molecule has 1 heterocycles. The smallest absolute Gasteiger partial charge is 0.313 e. The number of pyridine rings is 1. The molecule has 146 valence electrons. The summed E-state index contributed by atoms with van der Waals surface area (Å²) in [5.74, 6) is 4.50. The van der Waals surface area contributed by atoms with Crippen molar-refractivity contribution in [3.05, 3.63) is 23.0 Å². The van der Waals surface area contributed by atoms with Crippen LogP contribution in [0.3, 0.4) is 0 Å². The normalized spacial score (nSPS) is 18.0. The molecule has 6 heteroatoms. The zero-order valence-electron chi connectivity index (χ0n) is 16.9. The van der Waals surface area contributed by atoms with Gasteiger partial charge in [-0.15, -0.1) is 24.7 Å². The number of rotatable bonds is 9. The molecule has 0 unspecified atom stereocenters. The van der Waals surface area contributed by atoms with E-state index in [0.717, 1.165) is 0 Å². The second kappa shape index (κ2) is 7.56. The molecule has 0 atom stereocenters. The fourth-order valence-electron chi connectivity index (χ4n) is 3.14. The number of hydrogen-bond acceptors (Lipinski definition) is 6. The van der Waals surface area contributed by atoms with E-state index in [-0.39, 0.29) is 30.9 Å². The number of ether oxygens (including phenoxy) is 2. The zero-order chi connectivity index (χ0) is 21.1. The lowest BCUT2D eigenvalue weighted by atomic mass is 10.0. The molecule has 0 saturated heterocycles. The monoisotopic (exact) mass is 382 g/mol. The van der Waals surface area contributed by atoms with Crippen molar-refractivity contribution in [2.24, 2.45) is 10.8 Å². The lowest BCUT2D eigenvalue weighted by molar-refractivity contribution is -0.153. The Morgan fingerprint density at radius 3 is 2.14 bits per heavy atom. The molecule has 0 aromatic carbocycles. The van der Waals surface area contributed by atoms with Gasteiger partial charge in [-0.3, -0.25) is 14.6 Å². The summed E-state index contributed by atoms with van der Waals surface area (Å²) in [6.07, 6.45) is 15.7. The Bertz CT molecular complexity index is 903. The van der Waals surface area contributed by atoms with E-state index >= 15 is 0 Å². The van der Waals surface area contributed by atoms with Crippen LogP contribution in [0.2, 0.25) is 0 Å². The third-order valence-electron chi connectivity index (χ3n) is 5.56. The lowest BCUT2D eigenvalue weighted by Crippen LogP contribution is -2.20. The summed E-state index contributed by atoms with van der Waals surface area (Å²) in [6.45, 7) is 1.49. The van der Waals surface area contributed by atoms with Crippen LogP contribution in [0.4, 0.5) is 0 Å². The average Bonchev–Trinajstić information content (AvgIpc) is 3.62. The van der Waals surface area contributed by atoms with E-state index in [9.17, 15) is 9.59 Å². The minimum Gasteiger partial charge on any atom is -0.506 e. The van der Waals surface area contributed by atoms with Crippen LogP contribution in [-0.4, -0.2) is 23.5 Å². The van der Waals surface area contributed by atoms with E-state index < -0.39 is 10.8 Å². The van der Waals surface area contributed by atoms with E-state index in [2.05, 4.69) is 16.8 Å². The van der Waals surface area contributed by atoms with Crippen LogP contribution >= 0.6 is 0 Å². The molecule has 2 aliphatic carbocycles. The van der Waals surface area contributed by atoms with Crippen molar-refractivity contribution in [2.75, 3.05) is 0 Å². The summed E-state index contributed by atoms with van der Waals surface area (Å²) in [7, 11) is 0. The summed E-state index contributed by atoms with van der Waals surface area (Å²) < 4.78 is 18.3. The number of carbonyl (C=O) groups excluding carboxylic acids is 2. The van der Waals surface area contributed by atoms with E-state index in [1.165, 1.54) is 6.20 Å². The molecular formula is C22H23NO5. The summed E-state index contributed by atoms with van der Waals surface area (Å²) in [4.78, 5) is 29.0. The average molecular weight is 382 g/mol. The fraction of sp³-hybridized carbons (Fsp3) is 0.500. The largest absolute Gasteiger partial charge is 0.506 e. The van der Waals surface area contributed by atoms with Crippen LogP contribution in [0.5, 0.6) is 5.75 Å². The van der Waals surface area contributed by atoms with Gasteiger partial charge in [0.1, 0.15) is 19.0 Å². The van der Waals surface area contributed by atoms with Crippen molar-refractivity contribution in [3.8, 4) is 30.4 Å². The molecule has 2 aliphatic rings. The molecule has 0 spiro atoms. The Kier molecular flexibility index (Phi) is 4.96. The third-order valence-corrected chi connectivity index (χ3v) is 5.56. The SMILES string of the molecule is [2H]Oc1c(C)ncc(COC(=O)C2(CC#C)CC2)c1COC(=O)C1(CC#C)CC1. The minimum atomic E-state index is -0.598. The standard InChI is InChI=1S/C22H23NO5/c1-4-6-21(8-9-21)19(25)27-13-16-12-23-15(3)18(24)17(16)14-28-20(26)22(7-5-2)10-11-22/h1-2,12,24H,6-11,13-14H2,3H3/i/hD. The first-order chi connectivity index (χ1) is 13.9. The second-order valence-electron chi connectivity index (χ2n) is 7.65. The van der Waals surface area contributed by atoms with Gasteiger partial charge in [0.25, 0.3) is 1.43 Å². The Morgan fingerprint density at radius 1 is 1.14 bits per heavy atom. The molecular weight excluding hydrogens is 358 g/mol. The number of hydrogen-bond donors (Lipinski definition) is 1. The minimum absolute atomic E-state index is 0.0722. The lowest BCUT2D eigenvalue weighted by Gasteiger charge is -2.17. The van der Waals surface area contributed by atoms with Crippen molar-refractivity contribution in [2.45, 2.75) is 58.7 Å². The van der Waals surface area contributed by atoms with Crippen LogP contribution < -0.4 is 0 Å². The van der Waals surface area contributed by atoms with Gasteiger partial charge in [0, 0.05) is 30.2 Å². The molecule has 1 N–H and O–H groups in total. The van der Waals surface area contributed by atoms with Crippen LogP contribution in [-0.2, 0) is 32.3 Å². The number of aromatic hydroxyl groups is 1. The maximum atomic E-state index is 12.4. The Labute approximate surface area is 166 Å². The van der Waals surface area contributed by atoms with Crippen LogP contribution in [0.1, 0.15) is 55.3 Å². The molecule has 1 aromatic heterocycles. The van der Waals surface area contributed by atoms with Crippen LogP contribution in [0.15, 0.2) is 6.20 Å². The van der Waals surface area contributed by atoms with E-state index in [1.807, 2.05) is 0 Å². The Morgan fingerprint density at radius 2 is 1.68 bits per heavy atom. The summed E-state index contributed by atoms with van der Waals surface area (Å²) in [6, 6.07) is 0. The molecule has 28 heavy (non-hydrogen) atoms. The van der Waals surface area contributed by atoms with Crippen molar-refractivity contribution >= 4 is 11.9 Å². The highest BCUT2D eigenvalue weighted by Gasteiger charge is 2.51. The van der Waals surface area contributed by atoms with Gasteiger partial charge in [0.2, 0.25) is 0 Å². The maximum Gasteiger partial charge on any atom is 0.313 e. The molecule has 1 aromatic rings. The number of esters is 2. The Balaban J connectivity index is 1.72. The quantitative estimate of drug-likeness (QED) is 0.522. The topological polar surface area (TPSA) is 85.7 Å². The molecule has 0 bridgehead atoms. The zero-order valence-corrected chi connectivity index (χ0v) is 15.9. The molecule has 2 fully saturated rings. The molecule has 0 radical (unpaired) electrons. The van der Waals surface area contributed by atoms with Crippen LogP contribution in [0, 0.1) is 42.4 Å². The summed E-state index contributed by atoms with van der Waals surface area (Å²) in [5, 5.41) is 4.72. The number of aromatic nitrogens is 1. The summed E-state index contributed by atoms with van der Waals surface area (Å²) >= 11 is 0. The van der Waals surface area contributed by atoms with Gasteiger partial charge >= 0.3 is 11.9 Å². The van der Waals surface area contributed by atoms with Gasteiger partial charge in [-0.25, -0.2) is 0 Å². The molecule has 0 aliphatic heterocycles. The second-order valence-corrected chi connectivity index (χ2v) is 7.65. The van der Waals surface area contributed by atoms with E-state index in [0.29, 0.717) is 55.3 Å². The highest BCUT2D eigenvalue weighted by atomic mass is 16.5. The number of carbonyl (C=O) groups is 2. The highest BCUT2D eigenvalue weighted by Crippen LogP contribution is 2.50. The fourth-order valence-corrected chi connectivity index (χ4v) is 3.14. The molecule has 3 rings (SSSR count). The van der Waals surface area contributed by atoms with Gasteiger partial charge in [0.15, 0.2) is 0 Å². The predicted octanol–water partition coefficient (Wildman–Crippen LogP) is 2.79. The molecule has 0 amide bonds. The number of terminal acetylenes is 2. The van der Waals surface area contributed by atoms with Gasteiger partial charge < -0.3 is 14.6 Å². The summed E-state index contributed by atoms with van der Waals surface area (Å²) in [5.41, 5.74) is 0.252. The number of nitrogens with zero attached hydrogens (tertiary/aromatic N) is 1. The first kappa shape index (κ1) is 18.4. The first-order valence-corrected chi connectivity index (χ1v) is 9.23. The van der Waals surface area contributed by atoms with Crippen molar-refractivity contribution in [1.82, 2.24) is 4.98 Å².